The van der Waals surface area contributed by atoms with Gasteiger partial charge in [-0.15, -0.1) is 0 Å². The van der Waals surface area contributed by atoms with Crippen LogP contribution in [-0.4, -0.2) is 71.3 Å². The zero-order chi connectivity index (χ0) is 22.2. The van der Waals surface area contributed by atoms with Crippen LogP contribution in [0.3, 0.4) is 0 Å². The molecule has 11 nitrogen and oxygen atoms in total. The minimum Gasteiger partial charge on any atom is -0.348 e. The number of imide groups is 2. The van der Waals surface area contributed by atoms with Crippen LogP contribution in [0, 0.1) is 5.92 Å². The molecule has 2 aromatic rings. The molecule has 1 atom stereocenters. The maximum absolute atomic E-state index is 11.8. The van der Waals surface area contributed by atoms with Crippen molar-refractivity contribution < 1.29 is 19.2 Å². The monoisotopic (exact) mass is 429 g/mol. The Hall–Kier alpha value is -3.37. The van der Waals surface area contributed by atoms with Crippen molar-refractivity contribution in [2.75, 3.05) is 13.1 Å². The van der Waals surface area contributed by atoms with Gasteiger partial charge in [-0.3, -0.25) is 33.7 Å². The van der Waals surface area contributed by atoms with Crippen LogP contribution < -0.4 is 0 Å². The van der Waals surface area contributed by atoms with E-state index in [0.717, 1.165) is 5.69 Å². The van der Waals surface area contributed by atoms with Crippen molar-refractivity contribution in [3.05, 3.63) is 30.9 Å². The topological polar surface area (TPSA) is 134 Å². The molecule has 0 bridgehead atoms. The number of likely N-dealkylation sites (tertiary alicyclic amines) is 2. The molecule has 1 unspecified atom stereocenters. The summed E-state index contributed by atoms with van der Waals surface area (Å²) in [4.78, 5) is 59.5. The summed E-state index contributed by atoms with van der Waals surface area (Å²) in [7, 11) is 0. The molecule has 1 N–H and O–H groups in total. The highest BCUT2D eigenvalue weighted by atomic mass is 16.2. The Balaban J connectivity index is 0.000000176. The molecule has 2 aromatic heterocycles. The lowest BCUT2D eigenvalue weighted by Crippen LogP contribution is -2.45. The number of rotatable bonds is 6. The summed E-state index contributed by atoms with van der Waals surface area (Å²) in [5.41, 5.74) is 0.943. The highest BCUT2D eigenvalue weighted by Gasteiger charge is 2.31. The van der Waals surface area contributed by atoms with Crippen LogP contribution in [0.2, 0.25) is 0 Å². The average Bonchev–Trinajstić information content (AvgIpc) is 3.45. The van der Waals surface area contributed by atoms with Crippen LogP contribution in [0.4, 0.5) is 0 Å². The van der Waals surface area contributed by atoms with E-state index in [1.807, 2.05) is 6.92 Å². The molecule has 0 aliphatic carbocycles. The summed E-state index contributed by atoms with van der Waals surface area (Å²) in [5.74, 6) is -0.282. The van der Waals surface area contributed by atoms with Gasteiger partial charge in [0.15, 0.2) is 0 Å². The molecular weight excluding hydrogens is 402 g/mol. The summed E-state index contributed by atoms with van der Waals surface area (Å²) in [6, 6.07) is 0. The second-order valence-electron chi connectivity index (χ2n) is 7.60. The molecule has 2 aliphatic rings. The van der Waals surface area contributed by atoms with E-state index in [1.54, 1.807) is 23.5 Å². The summed E-state index contributed by atoms with van der Waals surface area (Å²) in [5, 5.41) is 3.91. The molecule has 4 rings (SSSR count). The number of aromatic amines is 1. The van der Waals surface area contributed by atoms with Crippen LogP contribution in [0.1, 0.15) is 44.7 Å². The Morgan fingerprint density at radius 2 is 1.71 bits per heavy atom. The fourth-order valence-electron chi connectivity index (χ4n) is 3.48. The lowest BCUT2D eigenvalue weighted by molar-refractivity contribution is -0.151. The zero-order valence-corrected chi connectivity index (χ0v) is 17.6. The first-order valence-electron chi connectivity index (χ1n) is 10.4. The van der Waals surface area contributed by atoms with Crippen molar-refractivity contribution in [2.24, 2.45) is 5.92 Å². The molecule has 11 heteroatoms. The van der Waals surface area contributed by atoms with Gasteiger partial charge in [0.2, 0.25) is 23.6 Å². The number of aromatic nitrogens is 5. The average molecular weight is 429 g/mol. The van der Waals surface area contributed by atoms with Gasteiger partial charge < -0.3 is 4.98 Å². The van der Waals surface area contributed by atoms with Crippen LogP contribution in [0.5, 0.6) is 0 Å². The van der Waals surface area contributed by atoms with E-state index in [4.69, 9.17) is 0 Å². The molecule has 0 radical (unpaired) electrons. The standard InChI is InChI=1S/C11H15N3O2.C9H12N4O2/c1-8-2-3-10(15)14(11(8)16)5-4-9-6-12-7-13-9;14-8-2-1-3-9(15)13(8)5-4-12-7-10-6-11-12/h6-8H,2-5H2,1H3,(H,12,13);6-7H,1-5H2. The van der Waals surface area contributed by atoms with Gasteiger partial charge in [0.05, 0.1) is 12.9 Å². The lowest BCUT2D eigenvalue weighted by atomic mass is 9.98. The SMILES string of the molecule is CC1CCC(=O)N(CCc2cnc[nH]2)C1=O.O=C1CCCC(=O)N1CCn1cncn1. The fraction of sp³-hybridized carbons (Fsp3) is 0.550. The van der Waals surface area contributed by atoms with E-state index in [9.17, 15) is 19.2 Å². The fourth-order valence-corrected chi connectivity index (χ4v) is 3.48. The van der Waals surface area contributed by atoms with Crippen molar-refractivity contribution in [1.82, 2.24) is 34.5 Å². The maximum Gasteiger partial charge on any atom is 0.232 e. The molecule has 4 heterocycles. The molecule has 166 valence electrons. The van der Waals surface area contributed by atoms with Crippen molar-refractivity contribution >= 4 is 23.6 Å². The van der Waals surface area contributed by atoms with Gasteiger partial charge >= 0.3 is 0 Å². The Bertz CT molecular complexity index is 879. The Morgan fingerprint density at radius 3 is 2.35 bits per heavy atom. The van der Waals surface area contributed by atoms with Crippen molar-refractivity contribution in [2.45, 2.75) is 52.0 Å². The van der Waals surface area contributed by atoms with Gasteiger partial charge in [-0.1, -0.05) is 6.92 Å². The number of carbonyl (C=O) groups is 4. The molecule has 2 saturated heterocycles. The zero-order valence-electron chi connectivity index (χ0n) is 17.6. The van der Waals surface area contributed by atoms with E-state index in [1.165, 1.54) is 16.1 Å². The summed E-state index contributed by atoms with van der Waals surface area (Å²) in [6.45, 7) is 3.22. The van der Waals surface area contributed by atoms with Crippen LogP contribution in [0.25, 0.3) is 0 Å². The molecule has 4 amide bonds. The molecule has 0 aromatic carbocycles. The third kappa shape index (κ3) is 6.06. The second-order valence-corrected chi connectivity index (χ2v) is 7.60. The second kappa shape index (κ2) is 10.6. The highest BCUT2D eigenvalue weighted by Crippen LogP contribution is 2.18. The van der Waals surface area contributed by atoms with Gasteiger partial charge in [-0.05, 0) is 12.8 Å². The van der Waals surface area contributed by atoms with Gasteiger partial charge in [0.25, 0.3) is 0 Å². The van der Waals surface area contributed by atoms with Gasteiger partial charge in [-0.25, -0.2) is 9.97 Å². The number of nitrogens with one attached hydrogen (secondary N) is 1. The predicted octanol–water partition coefficient (Wildman–Crippen LogP) is 0.555. The highest BCUT2D eigenvalue weighted by molar-refractivity contribution is 5.98. The Labute approximate surface area is 179 Å². The first kappa shape index (κ1) is 22.3. The molecule has 31 heavy (non-hydrogen) atoms. The third-order valence-electron chi connectivity index (χ3n) is 5.34. The third-order valence-corrected chi connectivity index (χ3v) is 5.34. The minimum atomic E-state index is -0.0774. The Morgan fingerprint density at radius 1 is 0.968 bits per heavy atom. The molecule has 0 spiro atoms. The van der Waals surface area contributed by atoms with Crippen LogP contribution >= 0.6 is 0 Å². The molecular formula is C20H27N7O4. The number of carbonyl (C=O) groups excluding carboxylic acids is 4. The number of imidazole rings is 1. The lowest BCUT2D eigenvalue weighted by Gasteiger charge is -2.28. The summed E-state index contributed by atoms with van der Waals surface area (Å²) < 4.78 is 1.61. The maximum atomic E-state index is 11.8. The normalized spacial score (nSPS) is 19.5. The number of H-pyrrole nitrogens is 1. The van der Waals surface area contributed by atoms with E-state index in [2.05, 4.69) is 20.1 Å². The Kier molecular flexibility index (Phi) is 7.63. The first-order valence-corrected chi connectivity index (χ1v) is 10.4. The van der Waals surface area contributed by atoms with E-state index in [0.29, 0.717) is 58.2 Å². The largest absolute Gasteiger partial charge is 0.348 e. The van der Waals surface area contributed by atoms with Gasteiger partial charge in [0.1, 0.15) is 12.7 Å². The van der Waals surface area contributed by atoms with Crippen LogP contribution in [-0.2, 0) is 32.1 Å². The quantitative estimate of drug-likeness (QED) is 0.663. The van der Waals surface area contributed by atoms with Crippen molar-refractivity contribution in [3.63, 3.8) is 0 Å². The van der Waals surface area contributed by atoms with E-state index < -0.39 is 0 Å². The molecule has 0 saturated carbocycles. The number of nitrogens with zero attached hydrogens (tertiary/aromatic N) is 6. The van der Waals surface area contributed by atoms with Gasteiger partial charge in [-0.2, -0.15) is 5.10 Å². The number of hydrogen-bond donors (Lipinski definition) is 1. The first-order chi connectivity index (χ1) is 15.0. The summed E-state index contributed by atoms with van der Waals surface area (Å²) >= 11 is 0. The smallest absolute Gasteiger partial charge is 0.232 e. The summed E-state index contributed by atoms with van der Waals surface area (Å²) in [6.07, 6.45) is 9.74. The van der Waals surface area contributed by atoms with Crippen molar-refractivity contribution in [1.29, 1.82) is 0 Å². The molecule has 2 fully saturated rings. The predicted molar refractivity (Wildman–Crippen MR) is 108 cm³/mol. The number of hydrogen-bond acceptors (Lipinski definition) is 7. The molecule has 2 aliphatic heterocycles. The van der Waals surface area contributed by atoms with E-state index >= 15 is 0 Å². The number of amides is 4. The van der Waals surface area contributed by atoms with E-state index in [-0.39, 0.29) is 29.5 Å². The van der Waals surface area contributed by atoms with Gasteiger partial charge in [0, 0.05) is 56.6 Å². The minimum absolute atomic E-state index is 0.0283. The van der Waals surface area contributed by atoms with Crippen molar-refractivity contribution in [3.8, 4) is 0 Å². The number of piperidine rings is 2. The van der Waals surface area contributed by atoms with Crippen LogP contribution in [0.15, 0.2) is 25.2 Å².